The Kier molecular flexibility index (Phi) is 4.84. The van der Waals surface area contributed by atoms with Crippen LogP contribution in [0.3, 0.4) is 0 Å². The molecule has 0 N–H and O–H groups in total. The minimum absolute atomic E-state index is 0.0169. The highest BCUT2D eigenvalue weighted by atomic mass is 16.6. The van der Waals surface area contributed by atoms with Crippen molar-refractivity contribution < 1.29 is 9.72 Å². The fraction of sp³-hybridized carbons (Fsp3) is 0. The number of hydrogen-bond donors (Lipinski definition) is 0. The van der Waals surface area contributed by atoms with Crippen molar-refractivity contribution in [2.75, 3.05) is 4.90 Å². The molecule has 4 aromatic rings. The topological polar surface area (TPSA) is 63.4 Å². The predicted molar refractivity (Wildman–Crippen MR) is 127 cm³/mol. The molecule has 5 heteroatoms. The van der Waals surface area contributed by atoms with Crippen LogP contribution in [0.25, 0.3) is 22.5 Å². The fourth-order valence-corrected chi connectivity index (χ4v) is 3.88. The summed E-state index contributed by atoms with van der Waals surface area (Å²) in [5.74, 6) is -0.141. The largest absolute Gasteiger partial charge is 0.276 e. The molecule has 0 aromatic heterocycles. The molecule has 1 aliphatic heterocycles. The van der Waals surface area contributed by atoms with Gasteiger partial charge in [0.2, 0.25) is 0 Å². The van der Waals surface area contributed by atoms with Crippen molar-refractivity contribution in [3.8, 4) is 0 Å². The van der Waals surface area contributed by atoms with Crippen LogP contribution >= 0.6 is 0 Å². The molecule has 1 aliphatic rings. The number of fused-ring (bicyclic) bond motifs is 1. The maximum absolute atomic E-state index is 13.5. The zero-order valence-electron chi connectivity index (χ0n) is 17.0. The summed E-state index contributed by atoms with van der Waals surface area (Å²) in [6.45, 7) is 0. The van der Waals surface area contributed by atoms with Gasteiger partial charge in [0, 0.05) is 23.4 Å². The van der Waals surface area contributed by atoms with Crippen LogP contribution < -0.4 is 4.90 Å². The molecule has 5 nitrogen and oxygen atoms in total. The summed E-state index contributed by atoms with van der Waals surface area (Å²) in [6, 6.07) is 30.0. The Morgan fingerprint density at radius 1 is 0.781 bits per heavy atom. The average molecular weight is 418 g/mol. The van der Waals surface area contributed by atoms with Gasteiger partial charge in [0.15, 0.2) is 0 Å². The lowest BCUT2D eigenvalue weighted by Crippen LogP contribution is -2.24. The van der Waals surface area contributed by atoms with Crippen molar-refractivity contribution in [1.29, 1.82) is 0 Å². The van der Waals surface area contributed by atoms with Crippen LogP contribution in [-0.4, -0.2) is 10.8 Å². The maximum atomic E-state index is 13.5. The molecule has 0 bridgehead atoms. The van der Waals surface area contributed by atoms with Gasteiger partial charge in [-0.15, -0.1) is 0 Å². The van der Waals surface area contributed by atoms with E-state index >= 15 is 0 Å². The number of non-ortho nitro benzene ring substituents is 1. The molecule has 154 valence electrons. The van der Waals surface area contributed by atoms with Crippen molar-refractivity contribution >= 4 is 39.8 Å². The number of anilines is 1. The number of carbonyl (C=O) groups excluding carboxylic acids is 1. The maximum Gasteiger partial charge on any atom is 0.269 e. The molecule has 5 rings (SSSR count). The number of nitro groups is 1. The first-order chi connectivity index (χ1) is 15.6. The quantitative estimate of drug-likeness (QED) is 0.225. The smallest absolute Gasteiger partial charge is 0.269 e. The Balaban J connectivity index is 1.60. The summed E-state index contributed by atoms with van der Waals surface area (Å²) in [5.41, 5.74) is 3.77. The summed E-state index contributed by atoms with van der Waals surface area (Å²) in [5, 5.41) is 13.1. The SMILES string of the molecule is O=C1/C(=C/c2ccc([N+](=O)[O-])cc2)C=C(c2ccccc2)N1c1ccc2ccccc2c1. The van der Waals surface area contributed by atoms with Gasteiger partial charge in [-0.3, -0.25) is 19.8 Å². The van der Waals surface area contributed by atoms with E-state index in [1.165, 1.54) is 12.1 Å². The van der Waals surface area contributed by atoms with Crippen LogP contribution in [-0.2, 0) is 4.79 Å². The lowest BCUT2D eigenvalue weighted by atomic mass is 10.1. The van der Waals surface area contributed by atoms with E-state index in [-0.39, 0.29) is 11.6 Å². The van der Waals surface area contributed by atoms with E-state index in [1.807, 2.05) is 78.9 Å². The summed E-state index contributed by atoms with van der Waals surface area (Å²) < 4.78 is 0. The number of nitrogens with zero attached hydrogens (tertiary/aromatic N) is 2. The van der Waals surface area contributed by atoms with Crippen LogP contribution in [0.4, 0.5) is 11.4 Å². The second-order valence-corrected chi connectivity index (χ2v) is 7.52. The summed E-state index contributed by atoms with van der Waals surface area (Å²) in [4.78, 5) is 25.7. The van der Waals surface area contributed by atoms with Gasteiger partial charge in [-0.2, -0.15) is 0 Å². The number of hydrogen-bond acceptors (Lipinski definition) is 3. The normalized spacial score (nSPS) is 14.8. The fourth-order valence-electron chi connectivity index (χ4n) is 3.88. The lowest BCUT2D eigenvalue weighted by molar-refractivity contribution is -0.384. The van der Waals surface area contributed by atoms with Crippen LogP contribution in [0.5, 0.6) is 0 Å². The molecular weight excluding hydrogens is 400 g/mol. The summed E-state index contributed by atoms with van der Waals surface area (Å²) >= 11 is 0. The minimum atomic E-state index is -0.438. The molecule has 0 unspecified atom stereocenters. The first-order valence-electron chi connectivity index (χ1n) is 10.2. The van der Waals surface area contributed by atoms with Gasteiger partial charge in [0.25, 0.3) is 11.6 Å². The van der Waals surface area contributed by atoms with Gasteiger partial charge in [-0.1, -0.05) is 60.7 Å². The van der Waals surface area contributed by atoms with E-state index < -0.39 is 4.92 Å². The van der Waals surface area contributed by atoms with Crippen LogP contribution in [0, 0.1) is 10.1 Å². The van der Waals surface area contributed by atoms with Gasteiger partial charge in [0.05, 0.1) is 10.6 Å². The second kappa shape index (κ2) is 7.96. The zero-order valence-corrected chi connectivity index (χ0v) is 17.0. The number of carbonyl (C=O) groups is 1. The van der Waals surface area contributed by atoms with E-state index in [2.05, 4.69) is 0 Å². The molecule has 1 heterocycles. The average Bonchev–Trinajstić information content (AvgIpc) is 3.15. The monoisotopic (exact) mass is 418 g/mol. The first-order valence-corrected chi connectivity index (χ1v) is 10.2. The van der Waals surface area contributed by atoms with Crippen LogP contribution in [0.1, 0.15) is 11.1 Å². The highest BCUT2D eigenvalue weighted by Gasteiger charge is 2.30. The molecule has 0 saturated carbocycles. The summed E-state index contributed by atoms with van der Waals surface area (Å²) in [7, 11) is 0. The number of amides is 1. The Morgan fingerprint density at radius 2 is 1.47 bits per heavy atom. The molecule has 1 amide bonds. The van der Waals surface area contributed by atoms with Gasteiger partial charge in [-0.05, 0) is 58.3 Å². The third kappa shape index (κ3) is 3.56. The van der Waals surface area contributed by atoms with E-state index in [0.29, 0.717) is 5.57 Å². The Hall–Kier alpha value is -4.51. The zero-order chi connectivity index (χ0) is 22.1. The Bertz CT molecular complexity index is 1400. The number of nitro benzene ring substituents is 1. The highest BCUT2D eigenvalue weighted by molar-refractivity contribution is 6.23. The van der Waals surface area contributed by atoms with Crippen molar-refractivity contribution in [3.05, 3.63) is 130 Å². The molecule has 0 spiro atoms. The standard InChI is InChI=1S/C27H18N2O3/c30-27-23(16-19-10-13-24(14-11-19)29(31)32)18-26(21-7-2-1-3-8-21)28(27)25-15-12-20-6-4-5-9-22(20)17-25/h1-18H/b23-16+. The summed E-state index contributed by atoms with van der Waals surface area (Å²) in [6.07, 6.45) is 3.63. The van der Waals surface area contributed by atoms with Crippen molar-refractivity contribution in [3.63, 3.8) is 0 Å². The van der Waals surface area contributed by atoms with Gasteiger partial charge >= 0.3 is 0 Å². The third-order valence-electron chi connectivity index (χ3n) is 5.47. The molecule has 0 atom stereocenters. The van der Waals surface area contributed by atoms with Crippen molar-refractivity contribution in [2.24, 2.45) is 0 Å². The van der Waals surface area contributed by atoms with Gasteiger partial charge < -0.3 is 0 Å². The van der Waals surface area contributed by atoms with Crippen molar-refractivity contribution in [1.82, 2.24) is 0 Å². The van der Waals surface area contributed by atoms with Crippen LogP contribution in [0.2, 0.25) is 0 Å². The minimum Gasteiger partial charge on any atom is -0.276 e. The van der Waals surface area contributed by atoms with E-state index in [9.17, 15) is 14.9 Å². The molecule has 4 aromatic carbocycles. The highest BCUT2D eigenvalue weighted by Crippen LogP contribution is 2.36. The van der Waals surface area contributed by atoms with E-state index in [0.717, 1.165) is 33.3 Å². The van der Waals surface area contributed by atoms with Gasteiger partial charge in [-0.25, -0.2) is 0 Å². The Labute approximate surface area is 184 Å². The molecule has 0 aliphatic carbocycles. The molecule has 0 fully saturated rings. The lowest BCUT2D eigenvalue weighted by Gasteiger charge is -2.21. The van der Waals surface area contributed by atoms with Crippen molar-refractivity contribution in [2.45, 2.75) is 0 Å². The molecule has 0 radical (unpaired) electrons. The first kappa shape index (κ1) is 19.5. The van der Waals surface area contributed by atoms with E-state index in [4.69, 9.17) is 0 Å². The number of rotatable bonds is 4. The molecule has 0 saturated heterocycles. The molecular formula is C27H18N2O3. The van der Waals surface area contributed by atoms with Crippen LogP contribution in [0.15, 0.2) is 109 Å². The number of benzene rings is 4. The van der Waals surface area contributed by atoms with E-state index in [1.54, 1.807) is 23.1 Å². The predicted octanol–water partition coefficient (Wildman–Crippen LogP) is 6.22. The Morgan fingerprint density at radius 3 is 2.19 bits per heavy atom. The molecule has 32 heavy (non-hydrogen) atoms. The second-order valence-electron chi connectivity index (χ2n) is 7.52. The third-order valence-corrected chi connectivity index (χ3v) is 5.47. The van der Waals surface area contributed by atoms with Gasteiger partial charge in [0.1, 0.15) is 0 Å².